The van der Waals surface area contributed by atoms with Gasteiger partial charge in [-0.3, -0.25) is 14.3 Å². The predicted octanol–water partition coefficient (Wildman–Crippen LogP) is 4.66. The summed E-state index contributed by atoms with van der Waals surface area (Å²) < 4.78 is 50.4. The number of aromatic nitrogens is 3. The summed E-state index contributed by atoms with van der Waals surface area (Å²) in [4.78, 5) is 40.5. The highest BCUT2D eigenvalue weighted by atomic mass is 19.1. The first-order valence-electron chi connectivity index (χ1n) is 14.3. The van der Waals surface area contributed by atoms with E-state index in [9.17, 15) is 14.7 Å². The molecule has 44 heavy (non-hydrogen) atoms. The van der Waals surface area contributed by atoms with Crippen molar-refractivity contribution in [2.75, 3.05) is 43.0 Å². The van der Waals surface area contributed by atoms with E-state index in [1.807, 2.05) is 13.8 Å². The van der Waals surface area contributed by atoms with Crippen molar-refractivity contribution in [3.05, 3.63) is 82.3 Å². The van der Waals surface area contributed by atoms with E-state index in [0.717, 1.165) is 16.7 Å². The average Bonchev–Trinajstić information content (AvgIpc) is 3.10. The van der Waals surface area contributed by atoms with Gasteiger partial charge in [0.1, 0.15) is 22.9 Å². The summed E-state index contributed by atoms with van der Waals surface area (Å²) in [6.07, 6.45) is 2.80. The van der Waals surface area contributed by atoms with Gasteiger partial charge in [-0.05, 0) is 42.7 Å². The molecule has 6 rings (SSSR count). The second-order valence-corrected chi connectivity index (χ2v) is 11.5. The van der Waals surface area contributed by atoms with Gasteiger partial charge in [0.15, 0.2) is 11.6 Å². The van der Waals surface area contributed by atoms with Crippen LogP contribution < -0.4 is 15.5 Å². The number of anilines is 2. The van der Waals surface area contributed by atoms with Crippen molar-refractivity contribution < 1.29 is 23.1 Å². The summed E-state index contributed by atoms with van der Waals surface area (Å²) >= 11 is 0. The highest BCUT2D eigenvalue weighted by Crippen LogP contribution is 2.47. The fourth-order valence-electron chi connectivity index (χ4n) is 6.44. The molecular formula is C32H31F3N6O3. The van der Waals surface area contributed by atoms with Crippen LogP contribution in [0.25, 0.3) is 27.7 Å². The van der Waals surface area contributed by atoms with Crippen molar-refractivity contribution in [2.24, 2.45) is 0 Å². The Bertz CT molecular complexity index is 1900. The maximum Gasteiger partial charge on any atom is 0.354 e. The molecule has 2 aliphatic rings. The van der Waals surface area contributed by atoms with Crippen molar-refractivity contribution in [2.45, 2.75) is 32.7 Å². The topological polar surface area (TPSA) is 94.8 Å². The molecule has 1 unspecified atom stereocenters. The minimum absolute atomic E-state index is 0.0191. The molecule has 0 spiro atoms. The number of rotatable bonds is 4. The lowest BCUT2D eigenvalue weighted by atomic mass is 9.97. The van der Waals surface area contributed by atoms with E-state index in [1.54, 1.807) is 40.9 Å². The second-order valence-electron chi connectivity index (χ2n) is 11.5. The number of phenolic OH excluding ortho intramolecular Hbond substituents is 1. The number of pyridine rings is 1. The van der Waals surface area contributed by atoms with Crippen LogP contribution in [-0.4, -0.2) is 69.7 Å². The van der Waals surface area contributed by atoms with Gasteiger partial charge in [0, 0.05) is 39.4 Å². The molecule has 1 fully saturated rings. The van der Waals surface area contributed by atoms with Crippen molar-refractivity contribution in [3.8, 4) is 22.6 Å². The summed E-state index contributed by atoms with van der Waals surface area (Å²) in [5.74, 6) is -4.45. The number of aromatic hydroxyl groups is 1. The molecule has 12 heteroatoms. The number of halogens is 3. The van der Waals surface area contributed by atoms with Gasteiger partial charge in [0.05, 0.1) is 39.6 Å². The molecule has 0 radical (unpaired) electrons. The molecule has 1 atom stereocenters. The molecule has 2 aromatic carbocycles. The zero-order valence-corrected chi connectivity index (χ0v) is 24.7. The van der Waals surface area contributed by atoms with Gasteiger partial charge in [-0.2, -0.15) is 4.98 Å². The maximum atomic E-state index is 17.2. The number of amides is 1. The van der Waals surface area contributed by atoms with Crippen LogP contribution in [0.2, 0.25) is 0 Å². The van der Waals surface area contributed by atoms with Crippen molar-refractivity contribution in [1.29, 1.82) is 0 Å². The Kier molecular flexibility index (Phi) is 7.10. The summed E-state index contributed by atoms with van der Waals surface area (Å²) in [7, 11) is 1.60. The van der Waals surface area contributed by atoms with Crippen LogP contribution in [0.3, 0.4) is 0 Å². The number of benzene rings is 2. The fraction of sp³-hybridized carbons (Fsp3) is 0.312. The van der Waals surface area contributed by atoms with E-state index in [0.29, 0.717) is 11.3 Å². The fourth-order valence-corrected chi connectivity index (χ4v) is 6.44. The number of likely N-dealkylation sites (N-methyl/N-ethyl adjacent to an activating group) is 1. The third kappa shape index (κ3) is 4.30. The molecule has 228 valence electrons. The number of carbonyl (C=O) groups is 1. The van der Waals surface area contributed by atoms with E-state index in [-0.39, 0.29) is 66.1 Å². The van der Waals surface area contributed by atoms with E-state index >= 15 is 13.2 Å². The lowest BCUT2D eigenvalue weighted by Crippen LogP contribution is -2.57. The van der Waals surface area contributed by atoms with Gasteiger partial charge in [-0.25, -0.2) is 18.0 Å². The van der Waals surface area contributed by atoms with Gasteiger partial charge in [0.25, 0.3) is 0 Å². The highest BCUT2D eigenvalue weighted by molar-refractivity contribution is 6.06. The lowest BCUT2D eigenvalue weighted by Gasteiger charge is -2.41. The first kappa shape index (κ1) is 29.2. The molecule has 1 N–H and O–H groups in total. The van der Waals surface area contributed by atoms with Crippen LogP contribution in [-0.2, 0) is 4.79 Å². The van der Waals surface area contributed by atoms with Crippen LogP contribution in [0, 0.1) is 24.4 Å². The van der Waals surface area contributed by atoms with Crippen molar-refractivity contribution >= 4 is 28.3 Å². The van der Waals surface area contributed by atoms with E-state index in [4.69, 9.17) is 0 Å². The summed E-state index contributed by atoms with van der Waals surface area (Å²) in [6, 6.07) is 4.59. The van der Waals surface area contributed by atoms with E-state index in [1.165, 1.54) is 12.1 Å². The average molecular weight is 605 g/mol. The number of carbonyl (C=O) groups excluding carboxylic acids is 1. The quantitative estimate of drug-likeness (QED) is 0.339. The zero-order chi connectivity index (χ0) is 31.6. The molecular weight excluding hydrogens is 573 g/mol. The molecule has 0 aliphatic carbocycles. The molecule has 2 aromatic heterocycles. The molecule has 0 saturated carbocycles. The Morgan fingerprint density at radius 1 is 1.09 bits per heavy atom. The zero-order valence-electron chi connectivity index (χ0n) is 24.7. The Labute approximate surface area is 251 Å². The van der Waals surface area contributed by atoms with E-state index < -0.39 is 46.1 Å². The van der Waals surface area contributed by atoms with Gasteiger partial charge in [-0.1, -0.05) is 26.5 Å². The van der Waals surface area contributed by atoms with Crippen LogP contribution in [0.4, 0.5) is 24.7 Å². The number of phenols is 1. The van der Waals surface area contributed by atoms with Crippen LogP contribution in [0.15, 0.2) is 47.9 Å². The Balaban J connectivity index is 1.79. The van der Waals surface area contributed by atoms with E-state index in [2.05, 4.69) is 16.5 Å². The SMILES string of the molecule is C=CC(=O)N1CCN2c3nc(=O)n(-c4c(C)ccnc4C(C)C)c4c(F)c(-c5c(O)cccc5F)c(F)c(c34)N(C)CC2C1. The predicted molar refractivity (Wildman–Crippen MR) is 162 cm³/mol. The first-order chi connectivity index (χ1) is 21.0. The Hall–Kier alpha value is -4.87. The van der Waals surface area contributed by atoms with Crippen LogP contribution in [0.1, 0.15) is 31.0 Å². The molecule has 2 aliphatic heterocycles. The monoisotopic (exact) mass is 604 g/mol. The number of aryl methyl sites for hydroxylation is 1. The normalized spacial score (nSPS) is 16.4. The molecule has 1 saturated heterocycles. The second kappa shape index (κ2) is 10.7. The number of nitrogens with zero attached hydrogens (tertiary/aromatic N) is 6. The van der Waals surface area contributed by atoms with Gasteiger partial charge < -0.3 is 19.8 Å². The van der Waals surface area contributed by atoms with Gasteiger partial charge in [-0.15, -0.1) is 0 Å². The van der Waals surface area contributed by atoms with Crippen molar-refractivity contribution in [3.63, 3.8) is 0 Å². The Morgan fingerprint density at radius 3 is 2.52 bits per heavy atom. The largest absolute Gasteiger partial charge is 0.507 e. The molecule has 4 aromatic rings. The molecule has 1 amide bonds. The number of hydrogen-bond acceptors (Lipinski definition) is 7. The van der Waals surface area contributed by atoms with Crippen LogP contribution >= 0.6 is 0 Å². The standard InChI is InChI=1S/C32H31F3N6O3/c1-6-21(43)39-12-13-40-18(15-39)14-38(5)29-24-30(26(35)23(25(29)34)22-19(33)8-7-9-20(22)42)41(32(44)37-31(24)40)28-17(4)10-11-36-27(28)16(2)3/h6-11,16,18,42H,1,12-15H2,2-5H3. The minimum atomic E-state index is -1.23. The minimum Gasteiger partial charge on any atom is -0.507 e. The molecule has 9 nitrogen and oxygen atoms in total. The lowest BCUT2D eigenvalue weighted by molar-refractivity contribution is -0.126. The number of fused-ring (bicyclic) bond motifs is 2. The molecule has 0 bridgehead atoms. The summed E-state index contributed by atoms with van der Waals surface area (Å²) in [5.41, 5.74) is -1.36. The summed E-state index contributed by atoms with van der Waals surface area (Å²) in [6.45, 7) is 9.97. The van der Waals surface area contributed by atoms with Gasteiger partial charge in [0.2, 0.25) is 5.91 Å². The maximum absolute atomic E-state index is 17.2. The van der Waals surface area contributed by atoms with Gasteiger partial charge >= 0.3 is 5.69 Å². The Morgan fingerprint density at radius 2 is 1.84 bits per heavy atom. The number of piperazine rings is 1. The first-order valence-corrected chi connectivity index (χ1v) is 14.3. The number of hydrogen-bond donors (Lipinski definition) is 1. The summed E-state index contributed by atoms with van der Waals surface area (Å²) in [5, 5.41) is 10.7. The van der Waals surface area contributed by atoms with Crippen LogP contribution in [0.5, 0.6) is 5.75 Å². The van der Waals surface area contributed by atoms with Crippen molar-refractivity contribution in [1.82, 2.24) is 19.4 Å². The smallest absolute Gasteiger partial charge is 0.354 e. The third-order valence-corrected chi connectivity index (χ3v) is 8.44. The third-order valence-electron chi connectivity index (χ3n) is 8.44. The highest BCUT2D eigenvalue weighted by Gasteiger charge is 2.40. The molecule has 4 heterocycles.